The van der Waals surface area contributed by atoms with Gasteiger partial charge in [0.2, 0.25) is 5.91 Å². The molecule has 0 aromatic heterocycles. The molecule has 0 aliphatic carbocycles. The molecule has 0 bridgehead atoms. The Morgan fingerprint density at radius 1 is 1.75 bits per heavy atom. The average Bonchev–Trinajstić information content (AvgIpc) is 2.30. The molecule has 1 rings (SSSR count). The summed E-state index contributed by atoms with van der Waals surface area (Å²) < 4.78 is 0. The van der Waals surface area contributed by atoms with E-state index >= 15 is 0 Å². The van der Waals surface area contributed by atoms with Gasteiger partial charge in [0.15, 0.2) is 5.17 Å². The van der Waals surface area contributed by atoms with Crippen LogP contribution in [0.5, 0.6) is 0 Å². The Morgan fingerprint density at radius 3 is 2.94 bits per heavy atom. The summed E-state index contributed by atoms with van der Waals surface area (Å²) in [5.74, 6) is 1.83. The fourth-order valence-electron chi connectivity index (χ4n) is 1.38. The number of likely N-dealkylation sites (N-methyl/N-ethyl adjacent to an activating group) is 1. The number of rotatable bonds is 3. The summed E-state index contributed by atoms with van der Waals surface area (Å²) >= 11 is 1.70. The van der Waals surface area contributed by atoms with E-state index in [1.807, 2.05) is 20.9 Å². The van der Waals surface area contributed by atoms with Gasteiger partial charge in [-0.25, -0.2) is 0 Å². The summed E-state index contributed by atoms with van der Waals surface area (Å²) in [6.07, 6.45) is 0. The van der Waals surface area contributed by atoms with E-state index in [-0.39, 0.29) is 11.9 Å². The minimum Gasteiger partial charge on any atom is -0.353 e. The topological polar surface area (TPSA) is 44.7 Å². The van der Waals surface area contributed by atoms with Crippen LogP contribution in [-0.4, -0.2) is 47.9 Å². The highest BCUT2D eigenvalue weighted by molar-refractivity contribution is 8.13. The van der Waals surface area contributed by atoms with Gasteiger partial charge in [-0.3, -0.25) is 9.79 Å². The first-order chi connectivity index (χ1) is 7.54. The van der Waals surface area contributed by atoms with Crippen LogP contribution in [0.15, 0.2) is 4.99 Å². The van der Waals surface area contributed by atoms with Crippen molar-refractivity contribution < 1.29 is 4.79 Å². The van der Waals surface area contributed by atoms with Crippen LogP contribution in [0, 0.1) is 5.92 Å². The molecule has 0 radical (unpaired) electrons. The summed E-state index contributed by atoms with van der Waals surface area (Å²) in [7, 11) is 1.82. The molecule has 92 valence electrons. The number of nitrogens with one attached hydrogen (secondary N) is 1. The maximum atomic E-state index is 11.8. The summed E-state index contributed by atoms with van der Waals surface area (Å²) in [5, 5.41) is 4.08. The van der Waals surface area contributed by atoms with Gasteiger partial charge in [-0.05, 0) is 19.8 Å². The third-order valence-electron chi connectivity index (χ3n) is 2.61. The number of nitrogens with zero attached hydrogens (tertiary/aromatic N) is 2. The highest BCUT2D eigenvalue weighted by atomic mass is 32.2. The lowest BCUT2D eigenvalue weighted by Gasteiger charge is -2.24. The molecule has 0 aromatic rings. The van der Waals surface area contributed by atoms with Crippen LogP contribution in [0.25, 0.3) is 0 Å². The van der Waals surface area contributed by atoms with Gasteiger partial charge >= 0.3 is 0 Å². The van der Waals surface area contributed by atoms with Crippen LogP contribution >= 0.6 is 11.8 Å². The van der Waals surface area contributed by atoms with Crippen molar-refractivity contribution in [2.75, 3.05) is 25.9 Å². The molecule has 1 heterocycles. The third kappa shape index (κ3) is 3.70. The zero-order valence-corrected chi connectivity index (χ0v) is 11.3. The van der Waals surface area contributed by atoms with Gasteiger partial charge in [0.1, 0.15) is 6.04 Å². The Morgan fingerprint density at radius 2 is 2.44 bits per heavy atom. The van der Waals surface area contributed by atoms with Crippen molar-refractivity contribution in [3.05, 3.63) is 0 Å². The molecule has 1 aliphatic heterocycles. The largest absolute Gasteiger partial charge is 0.353 e. The zero-order valence-electron chi connectivity index (χ0n) is 10.5. The van der Waals surface area contributed by atoms with Crippen molar-refractivity contribution in [2.24, 2.45) is 10.9 Å². The van der Waals surface area contributed by atoms with Crippen molar-refractivity contribution in [2.45, 2.75) is 26.8 Å². The molecule has 0 saturated heterocycles. The molecule has 1 aliphatic rings. The Labute approximate surface area is 102 Å². The minimum absolute atomic E-state index is 0.115. The van der Waals surface area contributed by atoms with Gasteiger partial charge < -0.3 is 10.2 Å². The predicted octanol–water partition coefficient (Wildman–Crippen LogP) is 1.18. The van der Waals surface area contributed by atoms with E-state index in [0.29, 0.717) is 5.92 Å². The number of hydrogen-bond donors (Lipinski definition) is 1. The van der Waals surface area contributed by atoms with Crippen molar-refractivity contribution >= 4 is 22.8 Å². The van der Waals surface area contributed by atoms with Gasteiger partial charge in [-0.15, -0.1) is 0 Å². The Kier molecular flexibility index (Phi) is 5.12. The van der Waals surface area contributed by atoms with Gasteiger partial charge in [-0.1, -0.05) is 18.7 Å². The maximum Gasteiger partial charge on any atom is 0.244 e. The standard InChI is InChI=1S/C11H21N3OS/c1-5-14(4)10(15)9(3)13-11-12-6-8(2)7-16-11/h8-9H,5-7H2,1-4H3,(H,12,13). The molecule has 0 fully saturated rings. The highest BCUT2D eigenvalue weighted by Crippen LogP contribution is 2.16. The number of carbonyl (C=O) groups excluding carboxylic acids is 1. The van der Waals surface area contributed by atoms with Gasteiger partial charge in [0.25, 0.3) is 0 Å². The predicted molar refractivity (Wildman–Crippen MR) is 69.8 cm³/mol. The lowest BCUT2D eigenvalue weighted by Crippen LogP contribution is -2.45. The number of amidine groups is 1. The van der Waals surface area contributed by atoms with Crippen LogP contribution < -0.4 is 5.32 Å². The van der Waals surface area contributed by atoms with E-state index in [1.54, 1.807) is 16.7 Å². The van der Waals surface area contributed by atoms with E-state index in [2.05, 4.69) is 17.2 Å². The maximum absolute atomic E-state index is 11.8. The van der Waals surface area contributed by atoms with Crippen LogP contribution in [0.4, 0.5) is 0 Å². The SMILES string of the molecule is CCN(C)C(=O)C(C)NC1=NCC(C)CS1. The molecule has 1 amide bonds. The highest BCUT2D eigenvalue weighted by Gasteiger charge is 2.19. The van der Waals surface area contributed by atoms with E-state index in [1.165, 1.54) is 0 Å². The molecule has 0 aromatic carbocycles. The smallest absolute Gasteiger partial charge is 0.244 e. The molecule has 0 saturated carbocycles. The van der Waals surface area contributed by atoms with Crippen LogP contribution in [0.1, 0.15) is 20.8 Å². The van der Waals surface area contributed by atoms with E-state index in [4.69, 9.17) is 0 Å². The van der Waals surface area contributed by atoms with Crippen molar-refractivity contribution in [1.82, 2.24) is 10.2 Å². The quantitative estimate of drug-likeness (QED) is 0.809. The van der Waals surface area contributed by atoms with E-state index in [9.17, 15) is 4.79 Å². The molecular formula is C11H21N3OS. The molecule has 4 nitrogen and oxygen atoms in total. The van der Waals surface area contributed by atoms with Gasteiger partial charge in [0.05, 0.1) is 0 Å². The summed E-state index contributed by atoms with van der Waals surface area (Å²) in [6, 6.07) is -0.190. The number of amides is 1. The Bertz CT molecular complexity index is 280. The van der Waals surface area contributed by atoms with Crippen LogP contribution in [0.2, 0.25) is 0 Å². The molecule has 2 unspecified atom stereocenters. The first-order valence-corrected chi connectivity index (χ1v) is 6.72. The fraction of sp³-hybridized carbons (Fsp3) is 0.818. The Hall–Kier alpha value is -0.710. The molecular weight excluding hydrogens is 222 g/mol. The van der Waals surface area contributed by atoms with E-state index < -0.39 is 0 Å². The zero-order chi connectivity index (χ0) is 12.1. The van der Waals surface area contributed by atoms with Crippen LogP contribution in [-0.2, 0) is 4.79 Å². The van der Waals surface area contributed by atoms with Gasteiger partial charge in [-0.2, -0.15) is 0 Å². The summed E-state index contributed by atoms with van der Waals surface area (Å²) in [6.45, 7) is 7.64. The first-order valence-electron chi connectivity index (χ1n) is 5.73. The first kappa shape index (κ1) is 13.4. The number of carbonyl (C=O) groups is 1. The molecule has 16 heavy (non-hydrogen) atoms. The second kappa shape index (κ2) is 6.13. The molecule has 5 heteroatoms. The van der Waals surface area contributed by atoms with Crippen molar-refractivity contribution in [3.8, 4) is 0 Å². The van der Waals surface area contributed by atoms with Gasteiger partial charge in [0, 0.05) is 25.9 Å². The van der Waals surface area contributed by atoms with Crippen molar-refractivity contribution in [1.29, 1.82) is 0 Å². The average molecular weight is 243 g/mol. The lowest BCUT2D eigenvalue weighted by molar-refractivity contribution is -0.131. The second-order valence-electron chi connectivity index (χ2n) is 4.28. The molecule has 2 atom stereocenters. The molecule has 0 spiro atoms. The number of aliphatic imine (C=N–C) groups is 1. The summed E-state index contributed by atoms with van der Waals surface area (Å²) in [4.78, 5) is 17.9. The summed E-state index contributed by atoms with van der Waals surface area (Å²) in [5.41, 5.74) is 0. The van der Waals surface area contributed by atoms with Crippen LogP contribution in [0.3, 0.4) is 0 Å². The van der Waals surface area contributed by atoms with E-state index in [0.717, 1.165) is 24.0 Å². The third-order valence-corrected chi connectivity index (χ3v) is 3.87. The second-order valence-corrected chi connectivity index (χ2v) is 5.29. The minimum atomic E-state index is -0.190. The van der Waals surface area contributed by atoms with Crippen molar-refractivity contribution in [3.63, 3.8) is 0 Å². The lowest BCUT2D eigenvalue weighted by atomic mass is 10.2. The normalized spacial score (nSPS) is 22.2. The number of thioether (sulfide) groups is 1. The molecule has 1 N–H and O–H groups in total. The Balaban J connectivity index is 2.45. The fourth-order valence-corrected chi connectivity index (χ4v) is 2.35. The monoisotopic (exact) mass is 243 g/mol. The number of hydrogen-bond acceptors (Lipinski definition) is 4.